The van der Waals surface area contributed by atoms with E-state index in [1.165, 1.54) is 5.56 Å². The van der Waals surface area contributed by atoms with Crippen molar-refractivity contribution in [3.05, 3.63) is 125 Å². The van der Waals surface area contributed by atoms with Crippen LogP contribution in [0.5, 0.6) is 0 Å². The van der Waals surface area contributed by atoms with Crippen LogP contribution in [0.2, 0.25) is 5.02 Å². The lowest BCUT2D eigenvalue weighted by molar-refractivity contribution is 0.0945. The fraction of sp³-hybridized carbons (Fsp3) is 0.103. The Hall–Kier alpha value is -3.73. The standard InChI is InChI=1S/C29H24ClN3O/c30-24-9-6-20(7-10-24)12-17-32-28(22-4-2-1-3-5-22)29(34)26-19-33-27-18-23(8-11-25(26)27)21-13-15-31-16-14-21/h1-11,13-16,18-19,28,32-33H,12,17H2/t28-/m1/s1. The summed E-state index contributed by atoms with van der Waals surface area (Å²) in [5.74, 6) is 0.0465. The lowest BCUT2D eigenvalue weighted by Crippen LogP contribution is -2.30. The van der Waals surface area contributed by atoms with Gasteiger partial charge in [-0.05, 0) is 59.0 Å². The Bertz CT molecular complexity index is 1400. The molecule has 0 aliphatic carbocycles. The first-order chi connectivity index (χ1) is 16.7. The molecule has 0 fully saturated rings. The number of ketones is 1. The number of rotatable bonds is 8. The molecule has 0 radical (unpaired) electrons. The monoisotopic (exact) mass is 465 g/mol. The zero-order valence-electron chi connectivity index (χ0n) is 18.5. The number of hydrogen-bond donors (Lipinski definition) is 2. The molecule has 0 amide bonds. The molecule has 168 valence electrons. The van der Waals surface area contributed by atoms with Crippen LogP contribution in [0, 0.1) is 0 Å². The molecule has 0 aliphatic heterocycles. The van der Waals surface area contributed by atoms with Crippen molar-refractivity contribution in [2.75, 3.05) is 6.54 Å². The number of benzene rings is 3. The summed E-state index contributed by atoms with van der Waals surface area (Å²) in [5.41, 5.74) is 5.91. The van der Waals surface area contributed by atoms with Crippen LogP contribution >= 0.6 is 11.6 Å². The molecule has 0 unspecified atom stereocenters. The van der Waals surface area contributed by atoms with E-state index in [0.29, 0.717) is 12.1 Å². The highest BCUT2D eigenvalue weighted by molar-refractivity contribution is 6.30. The van der Waals surface area contributed by atoms with Crippen molar-refractivity contribution < 1.29 is 4.79 Å². The molecule has 0 bridgehead atoms. The van der Waals surface area contributed by atoms with E-state index in [9.17, 15) is 4.79 Å². The van der Waals surface area contributed by atoms with Gasteiger partial charge in [-0.15, -0.1) is 0 Å². The molecule has 1 atom stereocenters. The number of halogens is 1. The predicted octanol–water partition coefficient (Wildman–Crippen LogP) is 6.64. The van der Waals surface area contributed by atoms with Gasteiger partial charge in [0.1, 0.15) is 0 Å². The van der Waals surface area contributed by atoms with E-state index in [1.54, 1.807) is 12.4 Å². The van der Waals surface area contributed by atoms with Gasteiger partial charge in [0.2, 0.25) is 0 Å². The van der Waals surface area contributed by atoms with E-state index in [1.807, 2.05) is 85.1 Å². The summed E-state index contributed by atoms with van der Waals surface area (Å²) in [6, 6.07) is 27.4. The van der Waals surface area contributed by atoms with E-state index >= 15 is 0 Å². The Morgan fingerprint density at radius 1 is 0.912 bits per heavy atom. The van der Waals surface area contributed by atoms with Gasteiger partial charge >= 0.3 is 0 Å². The summed E-state index contributed by atoms with van der Waals surface area (Å²) in [6.07, 6.45) is 6.18. The summed E-state index contributed by atoms with van der Waals surface area (Å²) in [6.45, 7) is 0.668. The van der Waals surface area contributed by atoms with Crippen LogP contribution < -0.4 is 5.32 Å². The lowest BCUT2D eigenvalue weighted by atomic mass is 9.96. The molecule has 3 aromatic carbocycles. The maximum atomic E-state index is 13.8. The molecule has 2 aromatic heterocycles. The van der Waals surface area contributed by atoms with Crippen LogP contribution in [0.25, 0.3) is 22.0 Å². The quantitative estimate of drug-likeness (QED) is 0.252. The minimum atomic E-state index is -0.438. The molecule has 5 heteroatoms. The highest BCUT2D eigenvalue weighted by Crippen LogP contribution is 2.28. The van der Waals surface area contributed by atoms with E-state index in [-0.39, 0.29) is 5.78 Å². The Labute approximate surface area is 203 Å². The van der Waals surface area contributed by atoms with E-state index in [2.05, 4.69) is 21.4 Å². The van der Waals surface area contributed by atoms with E-state index < -0.39 is 6.04 Å². The number of Topliss-reactive ketones (excluding diaryl/α,β-unsaturated/α-hetero) is 1. The van der Waals surface area contributed by atoms with Gasteiger partial charge in [-0.3, -0.25) is 9.78 Å². The Kier molecular flexibility index (Phi) is 6.52. The SMILES string of the molecule is O=C(c1c[nH]c2cc(-c3ccncc3)ccc12)[C@H](NCCc1ccc(Cl)cc1)c1ccccc1. The second-order valence-corrected chi connectivity index (χ2v) is 8.67. The largest absolute Gasteiger partial charge is 0.360 e. The molecule has 0 saturated carbocycles. The number of fused-ring (bicyclic) bond motifs is 1. The number of carbonyl (C=O) groups is 1. The average molecular weight is 466 g/mol. The molecule has 34 heavy (non-hydrogen) atoms. The first kappa shape index (κ1) is 22.1. The number of H-pyrrole nitrogens is 1. The second kappa shape index (κ2) is 10.0. The van der Waals surface area contributed by atoms with E-state index in [0.717, 1.165) is 39.0 Å². The molecule has 5 aromatic rings. The summed E-state index contributed by atoms with van der Waals surface area (Å²) < 4.78 is 0. The number of hydrogen-bond acceptors (Lipinski definition) is 3. The minimum Gasteiger partial charge on any atom is -0.360 e. The fourth-order valence-electron chi connectivity index (χ4n) is 4.23. The number of nitrogens with zero attached hydrogens (tertiary/aromatic N) is 1. The van der Waals surface area contributed by atoms with E-state index in [4.69, 9.17) is 11.6 Å². The smallest absolute Gasteiger partial charge is 0.186 e. The van der Waals surface area contributed by atoms with Gasteiger partial charge in [0.15, 0.2) is 5.78 Å². The van der Waals surface area contributed by atoms with Crippen LogP contribution in [-0.2, 0) is 6.42 Å². The van der Waals surface area contributed by atoms with Crippen molar-refractivity contribution in [1.29, 1.82) is 0 Å². The van der Waals surface area contributed by atoms with Crippen molar-refractivity contribution in [2.24, 2.45) is 0 Å². The molecular weight excluding hydrogens is 442 g/mol. The van der Waals surface area contributed by atoms with Crippen LogP contribution in [0.15, 0.2) is 104 Å². The third-order valence-electron chi connectivity index (χ3n) is 6.03. The van der Waals surface area contributed by atoms with Gasteiger partial charge in [-0.25, -0.2) is 0 Å². The molecule has 0 aliphatic rings. The zero-order valence-corrected chi connectivity index (χ0v) is 19.3. The van der Waals surface area contributed by atoms with Gasteiger partial charge in [-0.1, -0.05) is 66.2 Å². The van der Waals surface area contributed by atoms with Crippen molar-refractivity contribution in [3.8, 4) is 11.1 Å². The van der Waals surface area contributed by atoms with Crippen LogP contribution in [0.4, 0.5) is 0 Å². The Morgan fingerprint density at radius 2 is 1.68 bits per heavy atom. The molecular formula is C29H24ClN3O. The van der Waals surface area contributed by atoms with Gasteiger partial charge in [0.05, 0.1) is 6.04 Å². The maximum Gasteiger partial charge on any atom is 0.186 e. The average Bonchev–Trinajstić information content (AvgIpc) is 3.32. The van der Waals surface area contributed by atoms with Crippen molar-refractivity contribution >= 4 is 28.3 Å². The van der Waals surface area contributed by atoms with Crippen LogP contribution in [0.1, 0.15) is 27.5 Å². The highest BCUT2D eigenvalue weighted by atomic mass is 35.5. The zero-order chi connectivity index (χ0) is 23.3. The molecule has 2 N–H and O–H groups in total. The first-order valence-electron chi connectivity index (χ1n) is 11.3. The highest BCUT2D eigenvalue weighted by Gasteiger charge is 2.24. The number of aromatic nitrogens is 2. The van der Waals surface area contributed by atoms with Crippen molar-refractivity contribution in [3.63, 3.8) is 0 Å². The lowest BCUT2D eigenvalue weighted by Gasteiger charge is -2.18. The third kappa shape index (κ3) is 4.79. The van der Waals surface area contributed by atoms with Gasteiger partial charge in [-0.2, -0.15) is 0 Å². The molecule has 5 rings (SSSR count). The topological polar surface area (TPSA) is 57.8 Å². The Morgan fingerprint density at radius 3 is 2.44 bits per heavy atom. The fourth-order valence-corrected chi connectivity index (χ4v) is 4.35. The number of carbonyl (C=O) groups excluding carboxylic acids is 1. The van der Waals surface area contributed by atoms with Gasteiger partial charge in [0.25, 0.3) is 0 Å². The van der Waals surface area contributed by atoms with Gasteiger partial charge in [0, 0.05) is 46.6 Å². The molecule has 4 nitrogen and oxygen atoms in total. The minimum absolute atomic E-state index is 0.0465. The Balaban J connectivity index is 1.40. The predicted molar refractivity (Wildman–Crippen MR) is 138 cm³/mol. The second-order valence-electron chi connectivity index (χ2n) is 8.24. The number of aromatic amines is 1. The third-order valence-corrected chi connectivity index (χ3v) is 6.28. The maximum absolute atomic E-state index is 13.8. The summed E-state index contributed by atoms with van der Waals surface area (Å²) in [5, 5.41) is 5.13. The molecule has 2 heterocycles. The summed E-state index contributed by atoms with van der Waals surface area (Å²) in [4.78, 5) is 21.1. The molecule has 0 spiro atoms. The number of nitrogens with one attached hydrogen (secondary N) is 2. The first-order valence-corrected chi connectivity index (χ1v) is 11.7. The van der Waals surface area contributed by atoms with Crippen LogP contribution in [-0.4, -0.2) is 22.3 Å². The normalized spacial score (nSPS) is 12.0. The number of pyridine rings is 1. The van der Waals surface area contributed by atoms with Crippen molar-refractivity contribution in [1.82, 2.24) is 15.3 Å². The molecule has 0 saturated heterocycles. The van der Waals surface area contributed by atoms with Crippen molar-refractivity contribution in [2.45, 2.75) is 12.5 Å². The summed E-state index contributed by atoms with van der Waals surface area (Å²) in [7, 11) is 0. The van der Waals surface area contributed by atoms with Crippen LogP contribution in [0.3, 0.4) is 0 Å². The van der Waals surface area contributed by atoms with Gasteiger partial charge < -0.3 is 10.3 Å². The summed E-state index contributed by atoms with van der Waals surface area (Å²) >= 11 is 6.00.